The third-order valence-electron chi connectivity index (χ3n) is 17.2. The number of nitrogens with zero attached hydrogens (tertiary/aromatic N) is 1. The van der Waals surface area contributed by atoms with Gasteiger partial charge in [0.2, 0.25) is 0 Å². The van der Waals surface area contributed by atoms with Gasteiger partial charge in [-0.2, -0.15) is 0 Å². The van der Waals surface area contributed by atoms with E-state index >= 15 is 0 Å². The lowest BCUT2D eigenvalue weighted by atomic mass is 9.67. The molecule has 16 rings (SSSR count). The van der Waals surface area contributed by atoms with E-state index in [1.807, 2.05) is 11.3 Å². The van der Waals surface area contributed by atoms with E-state index < -0.39 is 10.8 Å². The van der Waals surface area contributed by atoms with Crippen LogP contribution in [0.1, 0.15) is 44.5 Å². The van der Waals surface area contributed by atoms with Crippen LogP contribution in [0.25, 0.3) is 75.1 Å². The van der Waals surface area contributed by atoms with Gasteiger partial charge in [-0.25, -0.2) is 0 Å². The Labute approximate surface area is 458 Å². The number of hydrogen-bond acceptors (Lipinski definition) is 2. The van der Waals surface area contributed by atoms with Crippen molar-refractivity contribution in [1.29, 1.82) is 0 Å². The number of benzene rings is 13. The summed E-state index contributed by atoms with van der Waals surface area (Å²) in [5, 5.41) is 7.80. The molecular weight excluding hydrogens is 959 g/mol. The minimum Gasteiger partial charge on any atom is -0.310 e. The normalized spacial score (nSPS) is 13.6. The fourth-order valence-electron chi connectivity index (χ4n) is 14.0. The minimum absolute atomic E-state index is 0.560. The Balaban J connectivity index is 0.930. The molecule has 364 valence electrons. The summed E-state index contributed by atoms with van der Waals surface area (Å²) in [5.74, 6) is 0. The van der Waals surface area contributed by atoms with Crippen LogP contribution in [0.15, 0.2) is 297 Å². The molecule has 13 aromatic carbocycles. The Hall–Kier alpha value is -9.60. The summed E-state index contributed by atoms with van der Waals surface area (Å²) in [5.41, 5.74) is 19.8. The van der Waals surface area contributed by atoms with Gasteiger partial charge in [-0.15, -0.1) is 11.3 Å². The number of fused-ring (bicyclic) bond motifs is 13. The molecular formula is C76H49NS. The Morgan fingerprint density at radius 3 is 1.22 bits per heavy atom. The van der Waals surface area contributed by atoms with Crippen molar-refractivity contribution < 1.29 is 0 Å². The SMILES string of the molecule is c1ccc(C2(c3ccccc3)c3ccccc3-c3ccc(N(c4ccc(-c5cccc6c5sc5c6ccc6ccc7ccccc7c65)cc4)c4ccc5c(c4)C(c4ccccc4)(c4ccccc4)c4ccccc4-5)cc32)cc1. The number of rotatable bonds is 8. The molecule has 1 nitrogen and oxygen atoms in total. The highest BCUT2D eigenvalue weighted by Crippen LogP contribution is 2.60. The molecule has 2 aliphatic carbocycles. The first kappa shape index (κ1) is 44.7. The van der Waals surface area contributed by atoms with Crippen LogP contribution in [0, 0.1) is 0 Å². The largest absolute Gasteiger partial charge is 0.310 e. The van der Waals surface area contributed by atoms with E-state index in [9.17, 15) is 0 Å². The summed E-state index contributed by atoms with van der Waals surface area (Å²) in [6, 6.07) is 111. The van der Waals surface area contributed by atoms with Gasteiger partial charge in [0.15, 0.2) is 0 Å². The first-order chi connectivity index (χ1) is 38.7. The van der Waals surface area contributed by atoms with E-state index in [0.29, 0.717) is 0 Å². The summed E-state index contributed by atoms with van der Waals surface area (Å²) in [6.07, 6.45) is 0. The molecule has 0 amide bonds. The van der Waals surface area contributed by atoms with Crippen molar-refractivity contribution in [3.8, 4) is 33.4 Å². The van der Waals surface area contributed by atoms with Crippen molar-refractivity contribution >= 4 is 70.1 Å². The van der Waals surface area contributed by atoms with Crippen LogP contribution in [-0.4, -0.2) is 0 Å². The Kier molecular flexibility index (Phi) is 10.0. The quantitative estimate of drug-likeness (QED) is 0.137. The van der Waals surface area contributed by atoms with Gasteiger partial charge in [0.25, 0.3) is 0 Å². The zero-order valence-electron chi connectivity index (χ0n) is 42.6. The zero-order valence-corrected chi connectivity index (χ0v) is 43.5. The van der Waals surface area contributed by atoms with Gasteiger partial charge in [-0.1, -0.05) is 261 Å². The van der Waals surface area contributed by atoms with E-state index in [4.69, 9.17) is 0 Å². The molecule has 1 aromatic heterocycles. The molecule has 0 N–H and O–H groups in total. The van der Waals surface area contributed by atoms with Crippen molar-refractivity contribution in [3.63, 3.8) is 0 Å². The molecule has 0 saturated carbocycles. The van der Waals surface area contributed by atoms with Crippen LogP contribution in [0.3, 0.4) is 0 Å². The van der Waals surface area contributed by atoms with Gasteiger partial charge < -0.3 is 4.90 Å². The molecule has 2 aliphatic rings. The van der Waals surface area contributed by atoms with Crippen LogP contribution in [-0.2, 0) is 10.8 Å². The third kappa shape index (κ3) is 6.35. The molecule has 0 unspecified atom stereocenters. The first-order valence-electron chi connectivity index (χ1n) is 27.1. The van der Waals surface area contributed by atoms with E-state index in [1.165, 1.54) is 120 Å². The maximum atomic E-state index is 2.51. The van der Waals surface area contributed by atoms with Crippen molar-refractivity contribution in [2.45, 2.75) is 10.8 Å². The Morgan fingerprint density at radius 1 is 0.256 bits per heavy atom. The van der Waals surface area contributed by atoms with Crippen LogP contribution in [0.2, 0.25) is 0 Å². The highest BCUT2D eigenvalue weighted by Gasteiger charge is 2.48. The predicted octanol–water partition coefficient (Wildman–Crippen LogP) is 20.2. The van der Waals surface area contributed by atoms with E-state index in [0.717, 1.165) is 17.1 Å². The lowest BCUT2D eigenvalue weighted by molar-refractivity contribution is 0.767. The van der Waals surface area contributed by atoms with E-state index in [2.05, 4.69) is 302 Å². The van der Waals surface area contributed by atoms with Crippen molar-refractivity contribution in [2.75, 3.05) is 4.90 Å². The second-order valence-corrected chi connectivity index (χ2v) is 22.0. The highest BCUT2D eigenvalue weighted by molar-refractivity contribution is 7.27. The molecule has 0 atom stereocenters. The fraction of sp³-hybridized carbons (Fsp3) is 0.0263. The predicted molar refractivity (Wildman–Crippen MR) is 329 cm³/mol. The highest BCUT2D eigenvalue weighted by atomic mass is 32.1. The minimum atomic E-state index is -0.560. The van der Waals surface area contributed by atoms with Crippen LogP contribution >= 0.6 is 11.3 Å². The fourth-order valence-corrected chi connectivity index (χ4v) is 15.4. The zero-order chi connectivity index (χ0) is 51.4. The number of thiophene rings is 1. The molecule has 0 saturated heterocycles. The maximum absolute atomic E-state index is 2.51. The lowest BCUT2D eigenvalue weighted by Crippen LogP contribution is -2.29. The molecule has 0 bridgehead atoms. The summed E-state index contributed by atoms with van der Waals surface area (Å²) >= 11 is 1.93. The average Bonchev–Trinajstić information content (AvgIpc) is 4.34. The molecule has 2 heteroatoms. The van der Waals surface area contributed by atoms with Gasteiger partial charge in [-0.05, 0) is 130 Å². The van der Waals surface area contributed by atoms with Crippen LogP contribution in [0.4, 0.5) is 17.1 Å². The van der Waals surface area contributed by atoms with E-state index in [1.54, 1.807) is 0 Å². The molecule has 0 spiro atoms. The smallest absolute Gasteiger partial charge is 0.0714 e. The summed E-state index contributed by atoms with van der Waals surface area (Å²) < 4.78 is 2.65. The van der Waals surface area contributed by atoms with Gasteiger partial charge >= 0.3 is 0 Å². The van der Waals surface area contributed by atoms with Crippen molar-refractivity contribution in [2.24, 2.45) is 0 Å². The standard InChI is InChI=1S/C76H49NS/c1-5-21-53(22-6-1)75(54-23-7-2-8-24-54)68-34-17-15-30-62(68)64-46-43-58(48-70(64)75)77(59-44-47-65-63-31-16-18-35-69(63)76(71(65)49-59,55-25-9-3-10-26-55)56-27-11-4-12-28-56)57-41-38-51(39-42-57)61-32-19-33-66-67-45-40-52-37-36-50-20-13-14-29-60(50)72(52)74(67)78-73(61)66/h1-49H. The topological polar surface area (TPSA) is 3.24 Å². The summed E-state index contributed by atoms with van der Waals surface area (Å²) in [7, 11) is 0. The lowest BCUT2D eigenvalue weighted by Gasteiger charge is -2.36. The molecule has 1 heterocycles. The first-order valence-corrected chi connectivity index (χ1v) is 27.9. The van der Waals surface area contributed by atoms with Crippen molar-refractivity contribution in [1.82, 2.24) is 0 Å². The molecule has 0 fully saturated rings. The third-order valence-corrected chi connectivity index (χ3v) is 18.5. The van der Waals surface area contributed by atoms with Crippen LogP contribution < -0.4 is 4.90 Å². The van der Waals surface area contributed by atoms with Gasteiger partial charge in [0, 0.05) is 42.6 Å². The van der Waals surface area contributed by atoms with Crippen LogP contribution in [0.5, 0.6) is 0 Å². The number of anilines is 3. The number of hydrogen-bond donors (Lipinski definition) is 0. The monoisotopic (exact) mass is 1010 g/mol. The Bertz CT molecular complexity index is 4390. The Morgan fingerprint density at radius 2 is 0.667 bits per heavy atom. The second-order valence-electron chi connectivity index (χ2n) is 21.0. The summed E-state index contributed by atoms with van der Waals surface area (Å²) in [4.78, 5) is 2.51. The molecule has 0 aliphatic heterocycles. The van der Waals surface area contributed by atoms with Gasteiger partial charge in [-0.3, -0.25) is 0 Å². The maximum Gasteiger partial charge on any atom is 0.0714 e. The molecule has 78 heavy (non-hydrogen) atoms. The average molecular weight is 1010 g/mol. The molecule has 0 radical (unpaired) electrons. The second kappa shape index (κ2) is 17.5. The van der Waals surface area contributed by atoms with Crippen molar-refractivity contribution in [3.05, 3.63) is 342 Å². The van der Waals surface area contributed by atoms with Gasteiger partial charge in [0.05, 0.1) is 10.8 Å². The summed E-state index contributed by atoms with van der Waals surface area (Å²) in [6.45, 7) is 0. The van der Waals surface area contributed by atoms with E-state index in [-0.39, 0.29) is 0 Å². The molecule has 14 aromatic rings. The van der Waals surface area contributed by atoms with Gasteiger partial charge in [0.1, 0.15) is 0 Å².